The highest BCUT2D eigenvalue weighted by Crippen LogP contribution is 2.24. The lowest BCUT2D eigenvalue weighted by Gasteiger charge is -2.18. The van der Waals surface area contributed by atoms with E-state index in [-0.39, 0.29) is 6.04 Å². The second-order valence-corrected chi connectivity index (χ2v) is 5.63. The molecule has 20 heavy (non-hydrogen) atoms. The molecule has 2 aromatic rings. The highest BCUT2D eigenvalue weighted by Gasteiger charge is 2.13. The number of hydrogen-bond donors (Lipinski definition) is 1. The van der Waals surface area contributed by atoms with E-state index in [0.29, 0.717) is 0 Å². The third-order valence-electron chi connectivity index (χ3n) is 3.83. The van der Waals surface area contributed by atoms with Gasteiger partial charge in [-0.15, -0.1) is 0 Å². The van der Waals surface area contributed by atoms with Gasteiger partial charge in [-0.25, -0.2) is 0 Å². The number of nitrogens with two attached hydrogens (primary N) is 1. The first-order chi connectivity index (χ1) is 9.51. The lowest BCUT2D eigenvalue weighted by molar-refractivity contribution is 0.696. The molecule has 0 aliphatic heterocycles. The summed E-state index contributed by atoms with van der Waals surface area (Å²) in [5.74, 6) is 0. The molecule has 0 spiro atoms. The van der Waals surface area contributed by atoms with Gasteiger partial charge in [0.05, 0.1) is 0 Å². The molecule has 2 rings (SSSR count). The second-order valence-electron chi connectivity index (χ2n) is 5.63. The molecule has 0 aliphatic rings. The third kappa shape index (κ3) is 3.26. The van der Waals surface area contributed by atoms with Crippen LogP contribution in [-0.2, 0) is 12.8 Å². The normalized spacial score (nSPS) is 12.4. The van der Waals surface area contributed by atoms with Crippen LogP contribution in [0.4, 0.5) is 0 Å². The average Bonchev–Trinajstić information content (AvgIpc) is 2.38. The van der Waals surface area contributed by atoms with E-state index in [2.05, 4.69) is 56.9 Å². The number of hydrogen-bond acceptors (Lipinski definition) is 2. The van der Waals surface area contributed by atoms with Crippen molar-refractivity contribution in [3.05, 3.63) is 64.0 Å². The molecule has 2 nitrogen and oxygen atoms in total. The van der Waals surface area contributed by atoms with Crippen LogP contribution in [0.2, 0.25) is 0 Å². The summed E-state index contributed by atoms with van der Waals surface area (Å²) >= 11 is 0. The molecule has 1 aromatic heterocycles. The molecule has 1 heterocycles. The molecule has 0 radical (unpaired) electrons. The van der Waals surface area contributed by atoms with Crippen molar-refractivity contribution in [1.82, 2.24) is 4.98 Å². The van der Waals surface area contributed by atoms with Crippen molar-refractivity contribution in [3.63, 3.8) is 0 Å². The van der Waals surface area contributed by atoms with E-state index >= 15 is 0 Å². The zero-order valence-electron chi connectivity index (χ0n) is 12.9. The maximum absolute atomic E-state index is 6.41. The van der Waals surface area contributed by atoms with Crippen LogP contribution >= 0.6 is 0 Å². The number of pyridine rings is 1. The first-order valence-corrected chi connectivity index (χ1v) is 7.28. The molecule has 0 aliphatic carbocycles. The van der Waals surface area contributed by atoms with Gasteiger partial charge in [0.25, 0.3) is 0 Å². The lowest BCUT2D eigenvalue weighted by atomic mass is 9.92. The van der Waals surface area contributed by atoms with Crippen molar-refractivity contribution in [3.8, 4) is 0 Å². The van der Waals surface area contributed by atoms with Crippen LogP contribution in [0.25, 0.3) is 0 Å². The van der Waals surface area contributed by atoms with E-state index < -0.39 is 0 Å². The smallest absolute Gasteiger partial charge is 0.0422 e. The molecular formula is C18H24N2. The Labute approximate surface area is 122 Å². The van der Waals surface area contributed by atoms with E-state index in [9.17, 15) is 0 Å². The highest BCUT2D eigenvalue weighted by molar-refractivity contribution is 5.40. The Hall–Kier alpha value is -1.67. The van der Waals surface area contributed by atoms with Gasteiger partial charge in [-0.1, -0.05) is 30.7 Å². The van der Waals surface area contributed by atoms with E-state index in [1.165, 1.54) is 27.8 Å². The lowest BCUT2D eigenvalue weighted by Crippen LogP contribution is -2.17. The minimum atomic E-state index is 0.00979. The fourth-order valence-corrected chi connectivity index (χ4v) is 2.89. The Morgan fingerprint density at radius 1 is 1.10 bits per heavy atom. The molecule has 1 unspecified atom stereocenters. The molecule has 1 atom stereocenters. The zero-order valence-corrected chi connectivity index (χ0v) is 12.9. The van der Waals surface area contributed by atoms with Gasteiger partial charge in [0.15, 0.2) is 0 Å². The third-order valence-corrected chi connectivity index (χ3v) is 3.83. The van der Waals surface area contributed by atoms with Crippen LogP contribution in [0.3, 0.4) is 0 Å². The van der Waals surface area contributed by atoms with Gasteiger partial charge in [-0.2, -0.15) is 0 Å². The molecule has 2 N–H and O–H groups in total. The number of aromatic nitrogens is 1. The van der Waals surface area contributed by atoms with Crippen molar-refractivity contribution in [2.45, 2.75) is 46.6 Å². The first kappa shape index (κ1) is 14.7. The fourth-order valence-electron chi connectivity index (χ4n) is 2.89. The number of rotatable bonds is 4. The Bertz CT molecular complexity index is 562. The predicted octanol–water partition coefficient (Wildman–Crippen LogP) is 3.81. The van der Waals surface area contributed by atoms with Gasteiger partial charge >= 0.3 is 0 Å². The molecular weight excluding hydrogens is 244 g/mol. The minimum absolute atomic E-state index is 0.00979. The molecule has 0 saturated heterocycles. The Morgan fingerprint density at radius 3 is 2.25 bits per heavy atom. The van der Waals surface area contributed by atoms with Crippen molar-refractivity contribution < 1.29 is 0 Å². The first-order valence-electron chi connectivity index (χ1n) is 7.28. The van der Waals surface area contributed by atoms with E-state index in [1.807, 2.05) is 6.20 Å². The largest absolute Gasteiger partial charge is 0.324 e. The molecule has 0 bridgehead atoms. The van der Waals surface area contributed by atoms with E-state index in [4.69, 9.17) is 5.73 Å². The number of aryl methyl sites for hydroxylation is 4. The number of nitrogens with zero attached hydrogens (tertiary/aromatic N) is 1. The van der Waals surface area contributed by atoms with Crippen molar-refractivity contribution >= 4 is 0 Å². The summed E-state index contributed by atoms with van der Waals surface area (Å²) in [6, 6.07) is 8.66. The molecule has 0 amide bonds. The van der Waals surface area contributed by atoms with Crippen LogP contribution in [0.1, 0.15) is 46.5 Å². The summed E-state index contributed by atoms with van der Waals surface area (Å²) in [5.41, 5.74) is 13.9. The average molecular weight is 268 g/mol. The van der Waals surface area contributed by atoms with Crippen molar-refractivity contribution in [2.75, 3.05) is 0 Å². The summed E-state index contributed by atoms with van der Waals surface area (Å²) < 4.78 is 0. The van der Waals surface area contributed by atoms with Gasteiger partial charge in [-0.05, 0) is 55.5 Å². The maximum atomic E-state index is 6.41. The maximum Gasteiger partial charge on any atom is 0.0422 e. The highest BCUT2D eigenvalue weighted by atomic mass is 14.7. The van der Waals surface area contributed by atoms with E-state index in [1.54, 1.807) is 0 Å². The van der Waals surface area contributed by atoms with Crippen molar-refractivity contribution in [2.24, 2.45) is 5.73 Å². The van der Waals surface area contributed by atoms with Crippen LogP contribution in [0, 0.1) is 20.8 Å². The predicted molar refractivity (Wildman–Crippen MR) is 84.9 cm³/mol. The SMILES string of the molecule is CCc1ccc(CC(N)c2c(C)cc(C)cc2C)nc1. The zero-order chi connectivity index (χ0) is 14.7. The van der Waals surface area contributed by atoms with Crippen LogP contribution in [0.5, 0.6) is 0 Å². The van der Waals surface area contributed by atoms with Gasteiger partial charge in [0.1, 0.15) is 0 Å². The van der Waals surface area contributed by atoms with Crippen LogP contribution in [-0.4, -0.2) is 4.98 Å². The quantitative estimate of drug-likeness (QED) is 0.915. The minimum Gasteiger partial charge on any atom is -0.324 e. The fraction of sp³-hybridized carbons (Fsp3) is 0.389. The molecule has 0 saturated carbocycles. The molecule has 0 fully saturated rings. The Kier molecular flexibility index (Phi) is 4.56. The van der Waals surface area contributed by atoms with Gasteiger partial charge < -0.3 is 5.73 Å². The van der Waals surface area contributed by atoms with Crippen molar-refractivity contribution in [1.29, 1.82) is 0 Å². The monoisotopic (exact) mass is 268 g/mol. The standard InChI is InChI=1S/C18H24N2/c1-5-15-6-7-16(20-11-15)10-17(19)18-13(3)8-12(2)9-14(18)4/h6-9,11,17H,5,10,19H2,1-4H3. The van der Waals surface area contributed by atoms with Crippen LogP contribution in [0.15, 0.2) is 30.5 Å². The molecule has 106 valence electrons. The molecule has 2 heteroatoms. The summed E-state index contributed by atoms with van der Waals surface area (Å²) in [6.07, 6.45) is 3.77. The van der Waals surface area contributed by atoms with Gasteiger partial charge in [0, 0.05) is 24.4 Å². The Morgan fingerprint density at radius 2 is 1.75 bits per heavy atom. The van der Waals surface area contributed by atoms with Crippen LogP contribution < -0.4 is 5.73 Å². The summed E-state index contributed by atoms with van der Waals surface area (Å²) in [5, 5.41) is 0. The molecule has 1 aromatic carbocycles. The van der Waals surface area contributed by atoms with Gasteiger partial charge in [0.2, 0.25) is 0 Å². The Balaban J connectivity index is 2.21. The summed E-state index contributed by atoms with van der Waals surface area (Å²) in [6.45, 7) is 8.55. The summed E-state index contributed by atoms with van der Waals surface area (Å²) in [4.78, 5) is 4.51. The van der Waals surface area contributed by atoms with Gasteiger partial charge in [-0.3, -0.25) is 4.98 Å². The second kappa shape index (κ2) is 6.19. The van der Waals surface area contributed by atoms with E-state index in [0.717, 1.165) is 18.5 Å². The number of benzene rings is 1. The topological polar surface area (TPSA) is 38.9 Å². The summed E-state index contributed by atoms with van der Waals surface area (Å²) in [7, 11) is 0.